The molecule has 0 unspecified atom stereocenters. The van der Waals surface area contributed by atoms with Crippen LogP contribution < -0.4 is 20.6 Å². The monoisotopic (exact) mass is 557 g/mol. The zero-order chi connectivity index (χ0) is 23.1. The first-order valence-electron chi connectivity index (χ1n) is 9.28. The molecule has 0 aliphatic carbocycles. The molecular formula is C20H18BrCl2N5O3S. The molecule has 2 aromatic carbocycles. The van der Waals surface area contributed by atoms with Gasteiger partial charge in [-0.15, -0.1) is 10.2 Å². The molecule has 1 heterocycles. The lowest BCUT2D eigenvalue weighted by Crippen LogP contribution is -2.19. The van der Waals surface area contributed by atoms with Gasteiger partial charge < -0.3 is 15.2 Å². The lowest BCUT2D eigenvalue weighted by atomic mass is 10.2. The fourth-order valence-corrected chi connectivity index (χ4v) is 4.19. The van der Waals surface area contributed by atoms with Crippen molar-refractivity contribution in [2.24, 2.45) is 5.10 Å². The van der Waals surface area contributed by atoms with E-state index in [9.17, 15) is 4.79 Å². The smallest absolute Gasteiger partial charge is 0.247 e. The number of hydrogen-bond acceptors (Lipinski definition) is 8. The van der Waals surface area contributed by atoms with E-state index < -0.39 is 0 Å². The first-order chi connectivity index (χ1) is 15.4. The van der Waals surface area contributed by atoms with Gasteiger partial charge in [0.1, 0.15) is 11.6 Å². The Kier molecular flexibility index (Phi) is 8.68. The Morgan fingerprint density at radius 2 is 2.09 bits per heavy atom. The number of carbonyl (C=O) groups excluding carboxylic acids is 1. The number of nitrogens with one attached hydrogen (secondary N) is 1. The minimum absolute atomic E-state index is 0.0418. The Balaban J connectivity index is 1.68. The zero-order valence-corrected chi connectivity index (χ0v) is 20.7. The SMILES string of the molecule is CCOc1cc(C=NNC(=O)Cc2nnc(N)s2)cc(Br)c1OCc1ccc(Cl)cc1Cl. The normalized spacial score (nSPS) is 11.0. The number of amides is 1. The third kappa shape index (κ3) is 6.80. The Labute approximate surface area is 206 Å². The molecule has 32 heavy (non-hydrogen) atoms. The Hall–Kier alpha value is -2.40. The van der Waals surface area contributed by atoms with Crippen LogP contribution in [0, 0.1) is 0 Å². The summed E-state index contributed by atoms with van der Waals surface area (Å²) in [4.78, 5) is 12.0. The number of aromatic nitrogens is 2. The van der Waals surface area contributed by atoms with Crippen molar-refractivity contribution in [1.82, 2.24) is 15.6 Å². The predicted octanol–water partition coefficient (Wildman–Crippen LogP) is 4.86. The first-order valence-corrected chi connectivity index (χ1v) is 11.6. The number of nitrogens with zero attached hydrogens (tertiary/aromatic N) is 3. The average Bonchev–Trinajstić information content (AvgIpc) is 3.13. The Morgan fingerprint density at radius 1 is 1.28 bits per heavy atom. The second kappa shape index (κ2) is 11.5. The van der Waals surface area contributed by atoms with Crippen LogP contribution in [0.15, 0.2) is 39.9 Å². The summed E-state index contributed by atoms with van der Waals surface area (Å²) in [5.74, 6) is 0.707. The molecule has 0 radical (unpaired) electrons. The number of anilines is 1. The van der Waals surface area contributed by atoms with E-state index in [1.165, 1.54) is 6.21 Å². The fourth-order valence-electron chi connectivity index (χ4n) is 2.55. The van der Waals surface area contributed by atoms with Crippen LogP contribution in [0.4, 0.5) is 5.13 Å². The number of hydrazone groups is 1. The van der Waals surface area contributed by atoms with Gasteiger partial charge in [-0.3, -0.25) is 4.79 Å². The van der Waals surface area contributed by atoms with E-state index in [-0.39, 0.29) is 18.9 Å². The van der Waals surface area contributed by atoms with Gasteiger partial charge in [0.25, 0.3) is 0 Å². The van der Waals surface area contributed by atoms with Crippen LogP contribution in [0.1, 0.15) is 23.1 Å². The van der Waals surface area contributed by atoms with Gasteiger partial charge in [-0.1, -0.05) is 40.6 Å². The fraction of sp³-hybridized carbons (Fsp3) is 0.200. The van der Waals surface area contributed by atoms with Crippen LogP contribution in [0.3, 0.4) is 0 Å². The van der Waals surface area contributed by atoms with E-state index in [1.807, 2.05) is 6.92 Å². The van der Waals surface area contributed by atoms with Crippen LogP contribution in [0.5, 0.6) is 11.5 Å². The second-order valence-electron chi connectivity index (χ2n) is 6.29. The van der Waals surface area contributed by atoms with Crippen LogP contribution in [-0.4, -0.2) is 28.9 Å². The van der Waals surface area contributed by atoms with Crippen molar-refractivity contribution in [2.75, 3.05) is 12.3 Å². The van der Waals surface area contributed by atoms with Gasteiger partial charge in [-0.2, -0.15) is 5.10 Å². The van der Waals surface area contributed by atoms with Crippen molar-refractivity contribution >= 4 is 67.7 Å². The minimum Gasteiger partial charge on any atom is -0.490 e. The average molecular weight is 559 g/mol. The van der Waals surface area contributed by atoms with E-state index in [2.05, 4.69) is 36.7 Å². The van der Waals surface area contributed by atoms with Gasteiger partial charge >= 0.3 is 0 Å². The molecule has 3 rings (SSSR count). The molecule has 0 atom stereocenters. The van der Waals surface area contributed by atoms with Crippen LogP contribution in [0.25, 0.3) is 0 Å². The molecular weight excluding hydrogens is 541 g/mol. The maximum atomic E-state index is 12.0. The summed E-state index contributed by atoms with van der Waals surface area (Å²) >= 11 is 16.8. The summed E-state index contributed by atoms with van der Waals surface area (Å²) in [6, 6.07) is 8.77. The van der Waals surface area contributed by atoms with Crippen molar-refractivity contribution in [3.8, 4) is 11.5 Å². The van der Waals surface area contributed by atoms with Crippen molar-refractivity contribution < 1.29 is 14.3 Å². The predicted molar refractivity (Wildman–Crippen MR) is 130 cm³/mol. The zero-order valence-electron chi connectivity index (χ0n) is 16.8. The molecule has 0 saturated heterocycles. The van der Waals surface area contributed by atoms with Crippen molar-refractivity contribution in [1.29, 1.82) is 0 Å². The molecule has 0 fully saturated rings. The van der Waals surface area contributed by atoms with Gasteiger partial charge in [-0.25, -0.2) is 5.43 Å². The van der Waals surface area contributed by atoms with Crippen molar-refractivity contribution in [2.45, 2.75) is 20.0 Å². The molecule has 168 valence electrons. The molecule has 0 bridgehead atoms. The third-order valence-electron chi connectivity index (χ3n) is 3.92. The summed E-state index contributed by atoms with van der Waals surface area (Å²) in [5.41, 5.74) is 9.44. The van der Waals surface area contributed by atoms with Gasteiger partial charge in [0.2, 0.25) is 11.0 Å². The summed E-state index contributed by atoms with van der Waals surface area (Å²) in [6.45, 7) is 2.54. The highest BCUT2D eigenvalue weighted by molar-refractivity contribution is 9.10. The Morgan fingerprint density at radius 3 is 2.78 bits per heavy atom. The summed E-state index contributed by atoms with van der Waals surface area (Å²) in [7, 11) is 0. The molecule has 12 heteroatoms. The van der Waals surface area contributed by atoms with E-state index in [0.29, 0.717) is 48.3 Å². The maximum absolute atomic E-state index is 12.0. The molecule has 8 nitrogen and oxygen atoms in total. The quantitative estimate of drug-likeness (QED) is 0.286. The maximum Gasteiger partial charge on any atom is 0.247 e. The Bertz CT molecular complexity index is 1140. The molecule has 0 spiro atoms. The summed E-state index contributed by atoms with van der Waals surface area (Å²) < 4.78 is 12.3. The van der Waals surface area contributed by atoms with Crippen molar-refractivity contribution in [3.63, 3.8) is 0 Å². The third-order valence-corrected chi connectivity index (χ3v) is 5.84. The summed E-state index contributed by atoms with van der Waals surface area (Å²) in [6.07, 6.45) is 1.54. The molecule has 3 aromatic rings. The van der Waals surface area contributed by atoms with Gasteiger partial charge in [0, 0.05) is 15.6 Å². The molecule has 1 amide bonds. The van der Waals surface area contributed by atoms with E-state index >= 15 is 0 Å². The largest absolute Gasteiger partial charge is 0.490 e. The minimum atomic E-state index is -0.332. The van der Waals surface area contributed by atoms with E-state index in [4.69, 9.17) is 38.4 Å². The summed E-state index contributed by atoms with van der Waals surface area (Å²) in [5, 5.41) is 13.3. The topological polar surface area (TPSA) is 112 Å². The van der Waals surface area contributed by atoms with Gasteiger partial charge in [0.15, 0.2) is 11.5 Å². The highest BCUT2D eigenvalue weighted by Gasteiger charge is 2.13. The highest BCUT2D eigenvalue weighted by atomic mass is 79.9. The first kappa shape index (κ1) is 24.2. The number of halogens is 3. The van der Waals surface area contributed by atoms with E-state index in [1.54, 1.807) is 30.3 Å². The number of carbonyl (C=O) groups is 1. The van der Waals surface area contributed by atoms with Gasteiger partial charge in [0.05, 0.1) is 23.7 Å². The van der Waals surface area contributed by atoms with Crippen LogP contribution in [0.2, 0.25) is 10.0 Å². The van der Waals surface area contributed by atoms with Crippen LogP contribution in [-0.2, 0) is 17.8 Å². The molecule has 3 N–H and O–H groups in total. The lowest BCUT2D eigenvalue weighted by molar-refractivity contribution is -0.120. The number of rotatable bonds is 9. The second-order valence-corrected chi connectivity index (χ2v) is 9.08. The number of ether oxygens (including phenoxy) is 2. The highest BCUT2D eigenvalue weighted by Crippen LogP contribution is 2.37. The number of benzene rings is 2. The number of nitrogen functional groups attached to an aromatic ring is 1. The molecule has 0 aliphatic heterocycles. The number of nitrogens with two attached hydrogens (primary N) is 1. The van der Waals surface area contributed by atoms with Crippen LogP contribution >= 0.6 is 50.5 Å². The molecule has 1 aromatic heterocycles. The van der Waals surface area contributed by atoms with Gasteiger partial charge in [-0.05, 0) is 52.7 Å². The molecule has 0 aliphatic rings. The van der Waals surface area contributed by atoms with Crippen molar-refractivity contribution in [3.05, 3.63) is 61.0 Å². The van der Waals surface area contributed by atoms with E-state index in [0.717, 1.165) is 16.9 Å². The standard InChI is InChI=1S/C20H18BrCl2N5O3S/c1-2-30-16-6-11(9-25-26-17(29)8-18-27-28-20(24)32-18)5-14(21)19(16)31-10-12-3-4-13(22)7-15(12)23/h3-7,9H,2,8,10H2,1H3,(H2,24,28)(H,26,29). The lowest BCUT2D eigenvalue weighted by Gasteiger charge is -2.15. The molecule has 0 saturated carbocycles. The number of hydrogen-bond donors (Lipinski definition) is 2.